The van der Waals surface area contributed by atoms with Gasteiger partial charge in [-0.2, -0.15) is 0 Å². The molecule has 0 aliphatic carbocycles. The molecule has 2 fully saturated rings. The molecule has 1 aromatic carbocycles. The molecule has 1 amide bonds. The van der Waals surface area contributed by atoms with Crippen LogP contribution in [-0.2, 0) is 14.6 Å². The first-order chi connectivity index (χ1) is 14.3. The Bertz CT molecular complexity index is 1030. The van der Waals surface area contributed by atoms with Gasteiger partial charge in [0.1, 0.15) is 17.7 Å². The van der Waals surface area contributed by atoms with Crippen molar-refractivity contribution in [2.45, 2.75) is 36.2 Å². The lowest BCUT2D eigenvalue weighted by Gasteiger charge is -2.37. The zero-order chi connectivity index (χ0) is 21.3. The highest BCUT2D eigenvalue weighted by Crippen LogP contribution is 2.27. The Kier molecular flexibility index (Phi) is 5.59. The van der Waals surface area contributed by atoms with Crippen LogP contribution in [0.1, 0.15) is 19.3 Å². The number of anilines is 2. The van der Waals surface area contributed by atoms with Crippen molar-refractivity contribution in [1.29, 1.82) is 0 Å². The fourth-order valence-electron chi connectivity index (χ4n) is 4.09. The number of rotatable bonds is 5. The van der Waals surface area contributed by atoms with E-state index >= 15 is 0 Å². The molecule has 0 bridgehead atoms. The third kappa shape index (κ3) is 4.23. The van der Waals surface area contributed by atoms with Crippen molar-refractivity contribution in [2.75, 3.05) is 36.1 Å². The van der Waals surface area contributed by atoms with Crippen molar-refractivity contribution in [3.63, 3.8) is 0 Å². The minimum atomic E-state index is -3.48. The summed E-state index contributed by atoms with van der Waals surface area (Å²) >= 11 is 0. The quantitative estimate of drug-likeness (QED) is 0.767. The summed E-state index contributed by atoms with van der Waals surface area (Å²) in [5.41, 5.74) is 0.139. The Morgan fingerprint density at radius 3 is 2.53 bits per heavy atom. The number of carbonyl (C=O) groups excluding carboxylic acids is 1. The number of aromatic nitrogens is 2. The van der Waals surface area contributed by atoms with Crippen LogP contribution < -0.4 is 10.2 Å². The molecule has 1 aromatic heterocycles. The molecule has 4 rings (SSSR count). The van der Waals surface area contributed by atoms with E-state index in [1.165, 1.54) is 12.1 Å². The largest absolute Gasteiger partial charge is 0.371 e. The Labute approximate surface area is 175 Å². The molecule has 8 nitrogen and oxygen atoms in total. The van der Waals surface area contributed by atoms with Gasteiger partial charge in [-0.1, -0.05) is 0 Å². The number of hydrogen-bond acceptors (Lipinski definition) is 7. The highest BCUT2D eigenvalue weighted by molar-refractivity contribution is 7.90. The number of amides is 1. The number of carbonyl (C=O) groups is 1. The summed E-state index contributed by atoms with van der Waals surface area (Å²) in [6.45, 7) is 2.22. The smallest absolute Gasteiger partial charge is 0.245 e. The van der Waals surface area contributed by atoms with Gasteiger partial charge in [0.2, 0.25) is 5.91 Å². The summed E-state index contributed by atoms with van der Waals surface area (Å²) in [5, 5.41) is 2.95. The number of halogens is 1. The van der Waals surface area contributed by atoms with E-state index in [1.807, 2.05) is 4.90 Å². The molecule has 3 heterocycles. The Balaban J connectivity index is 1.37. The molecule has 1 atom stereocenters. The topological polar surface area (TPSA) is 95.5 Å². The lowest BCUT2D eigenvalue weighted by molar-refractivity contribution is -0.130. The molecule has 2 aliphatic heterocycles. The summed E-state index contributed by atoms with van der Waals surface area (Å²) in [6.07, 6.45) is 8.34. The Hall–Kier alpha value is -2.75. The van der Waals surface area contributed by atoms with Gasteiger partial charge >= 0.3 is 0 Å². The van der Waals surface area contributed by atoms with Gasteiger partial charge in [-0.3, -0.25) is 9.78 Å². The lowest BCUT2D eigenvalue weighted by Crippen LogP contribution is -2.47. The van der Waals surface area contributed by atoms with E-state index in [-0.39, 0.29) is 22.5 Å². The van der Waals surface area contributed by atoms with Gasteiger partial charge in [0.05, 0.1) is 16.8 Å². The second kappa shape index (κ2) is 8.17. The first kappa shape index (κ1) is 20.5. The molecule has 0 spiro atoms. The molecule has 2 aromatic rings. The van der Waals surface area contributed by atoms with E-state index in [0.717, 1.165) is 44.1 Å². The maximum Gasteiger partial charge on any atom is 0.245 e. The molecule has 1 unspecified atom stereocenters. The molecule has 2 saturated heterocycles. The van der Waals surface area contributed by atoms with E-state index in [9.17, 15) is 17.6 Å². The Morgan fingerprint density at radius 2 is 1.90 bits per heavy atom. The lowest BCUT2D eigenvalue weighted by atomic mass is 10.0. The number of hydrogen-bond donors (Lipinski definition) is 1. The van der Waals surface area contributed by atoms with Crippen molar-refractivity contribution < 1.29 is 17.6 Å². The average Bonchev–Trinajstić information content (AvgIpc) is 3.10. The van der Waals surface area contributed by atoms with Crippen LogP contribution in [0.4, 0.5) is 15.9 Å². The fraction of sp³-hybridized carbons (Fsp3) is 0.450. The summed E-state index contributed by atoms with van der Waals surface area (Å²) in [4.78, 5) is 25.3. The van der Waals surface area contributed by atoms with E-state index in [0.29, 0.717) is 13.0 Å². The molecule has 1 N–H and O–H groups in total. The maximum absolute atomic E-state index is 14.3. The maximum atomic E-state index is 14.3. The number of sulfone groups is 1. The van der Waals surface area contributed by atoms with Crippen molar-refractivity contribution >= 4 is 27.2 Å². The average molecular weight is 434 g/mol. The summed E-state index contributed by atoms with van der Waals surface area (Å²) in [7, 11) is -3.48. The number of likely N-dealkylation sites (tertiary alicyclic amines) is 1. The van der Waals surface area contributed by atoms with Gasteiger partial charge in [-0.15, -0.1) is 0 Å². The molecular formula is C20H24FN5O3S. The SMILES string of the molecule is CS(=O)(=O)c1ccc(NC2CCN(C3CCN(c4cnccn4)CC3)C2=O)c(F)c1. The van der Waals surface area contributed by atoms with Gasteiger partial charge in [-0.05, 0) is 37.5 Å². The van der Waals surface area contributed by atoms with E-state index in [2.05, 4.69) is 20.2 Å². The molecular weight excluding hydrogens is 409 g/mol. The molecule has 160 valence electrons. The van der Waals surface area contributed by atoms with Crippen LogP contribution in [0.15, 0.2) is 41.7 Å². The predicted octanol–water partition coefficient (Wildman–Crippen LogP) is 1.70. The first-order valence-corrected chi connectivity index (χ1v) is 11.8. The van der Waals surface area contributed by atoms with Crippen molar-refractivity contribution in [3.05, 3.63) is 42.6 Å². The van der Waals surface area contributed by atoms with Gasteiger partial charge < -0.3 is 15.1 Å². The van der Waals surface area contributed by atoms with Crippen LogP contribution in [-0.4, -0.2) is 67.2 Å². The van der Waals surface area contributed by atoms with E-state index in [1.54, 1.807) is 18.6 Å². The van der Waals surface area contributed by atoms with Crippen LogP contribution in [0.5, 0.6) is 0 Å². The zero-order valence-electron chi connectivity index (χ0n) is 16.7. The van der Waals surface area contributed by atoms with Gasteiger partial charge in [-0.25, -0.2) is 17.8 Å². The predicted molar refractivity (Wildman–Crippen MR) is 111 cm³/mol. The highest BCUT2D eigenvalue weighted by atomic mass is 32.2. The van der Waals surface area contributed by atoms with Crippen LogP contribution in [0.25, 0.3) is 0 Å². The number of nitrogens with one attached hydrogen (secondary N) is 1. The third-order valence-electron chi connectivity index (χ3n) is 5.72. The molecule has 0 radical (unpaired) electrons. The molecule has 10 heteroatoms. The minimum Gasteiger partial charge on any atom is -0.371 e. The third-order valence-corrected chi connectivity index (χ3v) is 6.83. The number of nitrogens with zero attached hydrogens (tertiary/aromatic N) is 4. The van der Waals surface area contributed by atoms with Crippen LogP contribution in [0, 0.1) is 5.82 Å². The molecule has 2 aliphatic rings. The van der Waals surface area contributed by atoms with E-state index in [4.69, 9.17) is 0 Å². The molecule has 30 heavy (non-hydrogen) atoms. The summed E-state index contributed by atoms with van der Waals surface area (Å²) < 4.78 is 37.5. The van der Waals surface area contributed by atoms with Gasteiger partial charge in [0, 0.05) is 44.3 Å². The standard InChI is InChI=1S/C20H24FN5O3S/c1-30(28,29)15-2-3-17(16(21)12-15)24-18-6-11-26(20(18)27)14-4-9-25(10-5-14)19-13-22-7-8-23-19/h2-3,7-8,12-14,18,24H,4-6,9-11H2,1H3. The first-order valence-electron chi connectivity index (χ1n) is 9.90. The number of benzene rings is 1. The zero-order valence-corrected chi connectivity index (χ0v) is 17.5. The fourth-order valence-corrected chi connectivity index (χ4v) is 4.72. The monoisotopic (exact) mass is 433 g/mol. The van der Waals surface area contributed by atoms with Gasteiger partial charge in [0.25, 0.3) is 0 Å². The summed E-state index contributed by atoms with van der Waals surface area (Å²) in [6, 6.07) is 3.34. The van der Waals surface area contributed by atoms with E-state index < -0.39 is 21.7 Å². The van der Waals surface area contributed by atoms with Crippen LogP contribution >= 0.6 is 0 Å². The van der Waals surface area contributed by atoms with Crippen molar-refractivity contribution in [2.24, 2.45) is 0 Å². The minimum absolute atomic E-state index is 0.0421. The number of piperidine rings is 1. The van der Waals surface area contributed by atoms with Crippen molar-refractivity contribution in [1.82, 2.24) is 14.9 Å². The highest BCUT2D eigenvalue weighted by Gasteiger charge is 2.37. The molecule has 0 saturated carbocycles. The van der Waals surface area contributed by atoms with Gasteiger partial charge in [0.15, 0.2) is 9.84 Å². The van der Waals surface area contributed by atoms with Crippen molar-refractivity contribution in [3.8, 4) is 0 Å². The second-order valence-corrected chi connectivity index (χ2v) is 9.73. The van der Waals surface area contributed by atoms with Crippen LogP contribution in [0.2, 0.25) is 0 Å². The Morgan fingerprint density at radius 1 is 1.13 bits per heavy atom. The van der Waals surface area contributed by atoms with Crippen LogP contribution in [0.3, 0.4) is 0 Å². The second-order valence-electron chi connectivity index (χ2n) is 7.71. The summed E-state index contributed by atoms with van der Waals surface area (Å²) in [5.74, 6) is 0.122. The normalized spacial score (nSPS) is 20.6.